The van der Waals surface area contributed by atoms with Crippen LogP contribution >= 0.6 is 0 Å². The van der Waals surface area contributed by atoms with Gasteiger partial charge in [-0.25, -0.2) is 15.0 Å². The summed E-state index contributed by atoms with van der Waals surface area (Å²) in [5.74, 6) is 0.250. The standard InChI is InChI=1S/C9H8N6O2/c10-9-7(15(16)17)1-2-8(14-9)13-6-3-11-5-12-4-6/h1-5H,(H3,10,13,14). The molecule has 17 heavy (non-hydrogen) atoms. The average molecular weight is 232 g/mol. The van der Waals surface area contributed by atoms with E-state index in [0.717, 1.165) is 0 Å². The van der Waals surface area contributed by atoms with Crippen LogP contribution in [-0.2, 0) is 0 Å². The highest BCUT2D eigenvalue weighted by Gasteiger charge is 2.12. The van der Waals surface area contributed by atoms with Gasteiger partial charge in [-0.2, -0.15) is 0 Å². The molecule has 0 atom stereocenters. The van der Waals surface area contributed by atoms with Crippen LogP contribution in [0.2, 0.25) is 0 Å². The van der Waals surface area contributed by atoms with Gasteiger partial charge in [0.15, 0.2) is 0 Å². The lowest BCUT2D eigenvalue weighted by Crippen LogP contribution is -2.01. The van der Waals surface area contributed by atoms with Crippen LogP contribution in [0.25, 0.3) is 0 Å². The van der Waals surface area contributed by atoms with Crippen molar-refractivity contribution in [2.45, 2.75) is 0 Å². The van der Waals surface area contributed by atoms with Crippen molar-refractivity contribution in [3.05, 3.63) is 41.0 Å². The largest absolute Gasteiger partial charge is 0.378 e. The molecule has 8 heteroatoms. The molecule has 0 aromatic carbocycles. The second kappa shape index (κ2) is 4.39. The van der Waals surface area contributed by atoms with Gasteiger partial charge in [-0.1, -0.05) is 0 Å². The molecule has 0 unspecified atom stereocenters. The molecule has 0 aliphatic rings. The van der Waals surface area contributed by atoms with Gasteiger partial charge in [0.25, 0.3) is 0 Å². The normalized spacial score (nSPS) is 9.88. The highest BCUT2D eigenvalue weighted by Crippen LogP contribution is 2.22. The highest BCUT2D eigenvalue weighted by molar-refractivity contribution is 5.61. The molecule has 0 aliphatic carbocycles. The van der Waals surface area contributed by atoms with Crippen LogP contribution in [0.1, 0.15) is 0 Å². The van der Waals surface area contributed by atoms with Gasteiger partial charge >= 0.3 is 5.69 Å². The third kappa shape index (κ3) is 2.43. The second-order valence-electron chi connectivity index (χ2n) is 3.11. The quantitative estimate of drug-likeness (QED) is 0.600. The minimum absolute atomic E-state index is 0.142. The first-order valence-electron chi connectivity index (χ1n) is 4.60. The Morgan fingerprint density at radius 1 is 1.29 bits per heavy atom. The molecule has 2 aromatic heterocycles. The summed E-state index contributed by atoms with van der Waals surface area (Å²) in [4.78, 5) is 21.4. The van der Waals surface area contributed by atoms with E-state index in [0.29, 0.717) is 11.5 Å². The van der Waals surface area contributed by atoms with Gasteiger partial charge in [-0.3, -0.25) is 10.1 Å². The van der Waals surface area contributed by atoms with Crippen molar-refractivity contribution in [2.75, 3.05) is 11.1 Å². The number of nitrogen functional groups attached to an aromatic ring is 1. The van der Waals surface area contributed by atoms with Gasteiger partial charge < -0.3 is 11.1 Å². The number of nitro groups is 1. The van der Waals surface area contributed by atoms with E-state index < -0.39 is 4.92 Å². The molecule has 0 amide bonds. The number of anilines is 3. The monoisotopic (exact) mass is 232 g/mol. The van der Waals surface area contributed by atoms with E-state index in [9.17, 15) is 10.1 Å². The Labute approximate surface area is 95.7 Å². The SMILES string of the molecule is Nc1nc(Nc2cncnc2)ccc1[N+](=O)[O-]. The number of rotatable bonds is 3. The van der Waals surface area contributed by atoms with E-state index in [1.165, 1.54) is 18.5 Å². The van der Waals surface area contributed by atoms with Crippen molar-refractivity contribution < 1.29 is 4.92 Å². The van der Waals surface area contributed by atoms with Crippen molar-refractivity contribution in [3.63, 3.8) is 0 Å². The Morgan fingerprint density at radius 2 is 2.00 bits per heavy atom. The molecule has 8 nitrogen and oxygen atoms in total. The molecular formula is C9H8N6O2. The summed E-state index contributed by atoms with van der Waals surface area (Å²) in [5, 5.41) is 13.4. The molecule has 2 aromatic rings. The van der Waals surface area contributed by atoms with Crippen LogP contribution in [0, 0.1) is 10.1 Å². The molecule has 2 rings (SSSR count). The Bertz CT molecular complexity index is 544. The minimum atomic E-state index is -0.586. The van der Waals surface area contributed by atoms with E-state index in [-0.39, 0.29) is 11.5 Å². The minimum Gasteiger partial charge on any atom is -0.378 e. The molecule has 0 saturated heterocycles. The number of nitrogens with two attached hydrogens (primary N) is 1. The van der Waals surface area contributed by atoms with Gasteiger partial charge in [-0.15, -0.1) is 0 Å². The molecule has 0 radical (unpaired) electrons. The summed E-state index contributed by atoms with van der Waals surface area (Å²) in [6, 6.07) is 2.75. The fourth-order valence-electron chi connectivity index (χ4n) is 1.20. The zero-order valence-electron chi connectivity index (χ0n) is 8.57. The van der Waals surface area contributed by atoms with E-state index >= 15 is 0 Å². The zero-order chi connectivity index (χ0) is 12.3. The Hall–Kier alpha value is -2.77. The smallest absolute Gasteiger partial charge is 0.311 e. The maximum atomic E-state index is 10.5. The first kappa shape index (κ1) is 10.7. The van der Waals surface area contributed by atoms with Crippen LogP contribution in [0.4, 0.5) is 23.0 Å². The second-order valence-corrected chi connectivity index (χ2v) is 3.11. The number of nitrogens with zero attached hydrogens (tertiary/aromatic N) is 4. The summed E-state index contributed by atoms with van der Waals surface area (Å²) in [6.45, 7) is 0. The van der Waals surface area contributed by atoms with Crippen molar-refractivity contribution >= 4 is 23.0 Å². The number of hydrogen-bond donors (Lipinski definition) is 2. The van der Waals surface area contributed by atoms with Crippen LogP contribution in [0.3, 0.4) is 0 Å². The topological polar surface area (TPSA) is 120 Å². The Balaban J connectivity index is 2.24. The summed E-state index contributed by atoms with van der Waals surface area (Å²) in [6.07, 6.45) is 4.49. The summed E-state index contributed by atoms with van der Waals surface area (Å²) in [5.41, 5.74) is 5.85. The van der Waals surface area contributed by atoms with E-state index in [1.54, 1.807) is 12.4 Å². The zero-order valence-corrected chi connectivity index (χ0v) is 8.57. The van der Waals surface area contributed by atoms with Crippen molar-refractivity contribution in [1.29, 1.82) is 0 Å². The van der Waals surface area contributed by atoms with E-state index in [2.05, 4.69) is 20.3 Å². The molecule has 2 heterocycles. The molecular weight excluding hydrogens is 224 g/mol. The number of hydrogen-bond acceptors (Lipinski definition) is 7. The number of pyridine rings is 1. The lowest BCUT2D eigenvalue weighted by Gasteiger charge is -2.04. The average Bonchev–Trinajstić information content (AvgIpc) is 2.30. The Kier molecular flexibility index (Phi) is 2.77. The molecule has 3 N–H and O–H groups in total. The molecule has 0 bridgehead atoms. The molecule has 0 spiro atoms. The van der Waals surface area contributed by atoms with Gasteiger partial charge in [0.2, 0.25) is 5.82 Å². The maximum Gasteiger partial charge on any atom is 0.311 e. The van der Waals surface area contributed by atoms with E-state index in [1.807, 2.05) is 0 Å². The van der Waals surface area contributed by atoms with E-state index in [4.69, 9.17) is 5.73 Å². The Morgan fingerprint density at radius 3 is 2.59 bits per heavy atom. The van der Waals surface area contributed by atoms with Crippen LogP contribution in [0.15, 0.2) is 30.9 Å². The molecule has 0 fully saturated rings. The van der Waals surface area contributed by atoms with Crippen LogP contribution in [0.5, 0.6) is 0 Å². The number of nitrogens with one attached hydrogen (secondary N) is 1. The molecule has 0 saturated carbocycles. The lowest BCUT2D eigenvalue weighted by molar-refractivity contribution is -0.384. The predicted octanol–water partition coefficient (Wildman–Crippen LogP) is 1.11. The first-order valence-corrected chi connectivity index (χ1v) is 4.60. The maximum absolute atomic E-state index is 10.5. The van der Waals surface area contributed by atoms with Crippen LogP contribution < -0.4 is 11.1 Å². The van der Waals surface area contributed by atoms with Gasteiger partial charge in [0.1, 0.15) is 12.1 Å². The van der Waals surface area contributed by atoms with Crippen LogP contribution in [-0.4, -0.2) is 19.9 Å². The van der Waals surface area contributed by atoms with Gasteiger partial charge in [0, 0.05) is 6.07 Å². The fourth-order valence-corrected chi connectivity index (χ4v) is 1.20. The van der Waals surface area contributed by atoms with Gasteiger partial charge in [-0.05, 0) is 6.07 Å². The lowest BCUT2D eigenvalue weighted by atomic mass is 10.3. The van der Waals surface area contributed by atoms with Gasteiger partial charge in [0.05, 0.1) is 23.0 Å². The predicted molar refractivity (Wildman–Crippen MR) is 60.6 cm³/mol. The molecule has 0 aliphatic heterocycles. The third-order valence-corrected chi connectivity index (χ3v) is 1.93. The first-order chi connectivity index (χ1) is 8.16. The summed E-state index contributed by atoms with van der Waals surface area (Å²) in [7, 11) is 0. The fraction of sp³-hybridized carbons (Fsp3) is 0. The third-order valence-electron chi connectivity index (χ3n) is 1.93. The van der Waals surface area contributed by atoms with Crippen molar-refractivity contribution in [3.8, 4) is 0 Å². The van der Waals surface area contributed by atoms with Crippen molar-refractivity contribution in [2.24, 2.45) is 0 Å². The highest BCUT2D eigenvalue weighted by atomic mass is 16.6. The number of aromatic nitrogens is 3. The van der Waals surface area contributed by atoms with Crippen molar-refractivity contribution in [1.82, 2.24) is 15.0 Å². The molecule has 86 valence electrons. The summed E-state index contributed by atoms with van der Waals surface area (Å²) >= 11 is 0. The summed E-state index contributed by atoms with van der Waals surface area (Å²) < 4.78 is 0.